The fraction of sp³-hybridized carbons (Fsp3) is 0.611. The van der Waals surface area contributed by atoms with Gasteiger partial charge >= 0.3 is 0 Å². The van der Waals surface area contributed by atoms with Crippen molar-refractivity contribution in [3.63, 3.8) is 0 Å². The SMILES string of the molecule is COCC1CCCN(CC(=O)c2c(C)cc(C)cc2C)C1. The molecule has 1 aromatic carbocycles. The minimum Gasteiger partial charge on any atom is -0.384 e. The minimum atomic E-state index is 0.253. The van der Waals surface area contributed by atoms with Crippen molar-refractivity contribution < 1.29 is 9.53 Å². The Balaban J connectivity index is 2.04. The number of carbonyl (C=O) groups excluding carboxylic acids is 1. The van der Waals surface area contributed by atoms with Gasteiger partial charge in [-0.15, -0.1) is 0 Å². The second-order valence-corrected chi connectivity index (χ2v) is 6.40. The normalized spacial score (nSPS) is 19.7. The van der Waals surface area contributed by atoms with E-state index in [1.165, 1.54) is 12.0 Å². The van der Waals surface area contributed by atoms with Gasteiger partial charge in [-0.25, -0.2) is 0 Å². The Labute approximate surface area is 128 Å². The van der Waals surface area contributed by atoms with Crippen LogP contribution in [0.4, 0.5) is 0 Å². The van der Waals surface area contributed by atoms with Gasteiger partial charge in [-0.05, 0) is 57.2 Å². The summed E-state index contributed by atoms with van der Waals surface area (Å²) in [4.78, 5) is 14.9. The fourth-order valence-corrected chi connectivity index (χ4v) is 3.57. The van der Waals surface area contributed by atoms with Crippen LogP contribution >= 0.6 is 0 Å². The van der Waals surface area contributed by atoms with E-state index in [0.29, 0.717) is 12.5 Å². The first-order valence-corrected chi connectivity index (χ1v) is 7.83. The summed E-state index contributed by atoms with van der Waals surface area (Å²) < 4.78 is 5.26. The van der Waals surface area contributed by atoms with Crippen molar-refractivity contribution in [3.8, 4) is 0 Å². The zero-order valence-electron chi connectivity index (χ0n) is 13.7. The van der Waals surface area contributed by atoms with Crippen LogP contribution in [0.25, 0.3) is 0 Å². The van der Waals surface area contributed by atoms with Crippen LogP contribution in [0, 0.1) is 26.7 Å². The molecule has 1 aliphatic rings. The third kappa shape index (κ3) is 4.14. The number of carbonyl (C=O) groups is 1. The van der Waals surface area contributed by atoms with Crippen LogP contribution in [0.5, 0.6) is 0 Å². The lowest BCUT2D eigenvalue weighted by atomic mass is 9.95. The molecule has 0 amide bonds. The van der Waals surface area contributed by atoms with Gasteiger partial charge < -0.3 is 4.74 Å². The summed E-state index contributed by atoms with van der Waals surface area (Å²) in [5.74, 6) is 0.819. The first-order valence-electron chi connectivity index (χ1n) is 7.83. The first kappa shape index (κ1) is 16.2. The van der Waals surface area contributed by atoms with Gasteiger partial charge in [0.2, 0.25) is 0 Å². The standard InChI is InChI=1S/C18H27NO2/c1-13-8-14(2)18(15(3)9-13)17(20)11-19-7-5-6-16(10-19)12-21-4/h8-9,16H,5-7,10-12H2,1-4H3. The second kappa shape index (κ2) is 7.19. The molecule has 1 aliphatic heterocycles. The van der Waals surface area contributed by atoms with Crippen molar-refractivity contribution >= 4 is 5.78 Å². The topological polar surface area (TPSA) is 29.5 Å². The largest absolute Gasteiger partial charge is 0.384 e. The van der Waals surface area contributed by atoms with Crippen LogP contribution in [-0.2, 0) is 4.74 Å². The van der Waals surface area contributed by atoms with Gasteiger partial charge in [0.25, 0.3) is 0 Å². The van der Waals surface area contributed by atoms with Crippen LogP contribution in [-0.4, -0.2) is 44.0 Å². The van der Waals surface area contributed by atoms with Crippen LogP contribution in [0.15, 0.2) is 12.1 Å². The molecule has 0 spiro atoms. The molecule has 1 unspecified atom stereocenters. The number of methoxy groups -OCH3 is 1. The zero-order chi connectivity index (χ0) is 15.4. The monoisotopic (exact) mass is 289 g/mol. The summed E-state index contributed by atoms with van der Waals surface area (Å²) >= 11 is 0. The summed E-state index contributed by atoms with van der Waals surface area (Å²) in [6, 6.07) is 4.20. The number of benzene rings is 1. The van der Waals surface area contributed by atoms with Gasteiger partial charge in [0.1, 0.15) is 0 Å². The summed E-state index contributed by atoms with van der Waals surface area (Å²) in [7, 11) is 1.75. The fourth-order valence-electron chi connectivity index (χ4n) is 3.57. The molecule has 1 aromatic rings. The molecule has 0 N–H and O–H groups in total. The lowest BCUT2D eigenvalue weighted by molar-refractivity contribution is 0.0757. The Kier molecular flexibility index (Phi) is 5.54. The van der Waals surface area contributed by atoms with Gasteiger partial charge in [0.05, 0.1) is 13.2 Å². The number of hydrogen-bond donors (Lipinski definition) is 0. The van der Waals surface area contributed by atoms with Crippen LogP contribution in [0.3, 0.4) is 0 Å². The van der Waals surface area contributed by atoms with Crippen molar-refractivity contribution in [1.29, 1.82) is 0 Å². The van der Waals surface area contributed by atoms with E-state index in [0.717, 1.165) is 42.8 Å². The van der Waals surface area contributed by atoms with Crippen molar-refractivity contribution in [3.05, 3.63) is 34.4 Å². The molecule has 1 atom stereocenters. The number of rotatable bonds is 5. The Morgan fingerprint density at radius 1 is 1.29 bits per heavy atom. The molecule has 2 rings (SSSR count). The number of piperidine rings is 1. The van der Waals surface area contributed by atoms with Crippen LogP contribution in [0.2, 0.25) is 0 Å². The predicted molar refractivity (Wildman–Crippen MR) is 86.0 cm³/mol. The van der Waals surface area contributed by atoms with Crippen molar-refractivity contribution in [2.24, 2.45) is 5.92 Å². The van der Waals surface area contributed by atoms with E-state index in [4.69, 9.17) is 4.74 Å². The first-order chi connectivity index (χ1) is 10.0. The second-order valence-electron chi connectivity index (χ2n) is 6.40. The molecule has 0 radical (unpaired) electrons. The Morgan fingerprint density at radius 3 is 2.57 bits per heavy atom. The molecule has 1 saturated heterocycles. The van der Waals surface area contributed by atoms with E-state index in [2.05, 4.69) is 24.0 Å². The number of ketones is 1. The highest BCUT2D eigenvalue weighted by Gasteiger charge is 2.23. The Morgan fingerprint density at radius 2 is 1.95 bits per heavy atom. The van der Waals surface area contributed by atoms with Gasteiger partial charge in [-0.2, -0.15) is 0 Å². The van der Waals surface area contributed by atoms with E-state index >= 15 is 0 Å². The van der Waals surface area contributed by atoms with E-state index in [9.17, 15) is 4.79 Å². The van der Waals surface area contributed by atoms with E-state index in [1.807, 2.05) is 13.8 Å². The number of aryl methyl sites for hydroxylation is 3. The predicted octanol–water partition coefficient (Wildman–Crippen LogP) is 3.15. The average molecular weight is 289 g/mol. The quantitative estimate of drug-likeness (QED) is 0.780. The van der Waals surface area contributed by atoms with Crippen molar-refractivity contribution in [2.45, 2.75) is 33.6 Å². The maximum Gasteiger partial charge on any atom is 0.177 e. The number of likely N-dealkylation sites (tertiary alicyclic amines) is 1. The highest BCUT2D eigenvalue weighted by atomic mass is 16.5. The molecular weight excluding hydrogens is 262 g/mol. The van der Waals surface area contributed by atoms with Gasteiger partial charge in [0, 0.05) is 19.2 Å². The molecule has 0 aromatic heterocycles. The molecule has 0 saturated carbocycles. The lowest BCUT2D eigenvalue weighted by Crippen LogP contribution is -2.40. The molecular formula is C18H27NO2. The molecule has 1 fully saturated rings. The van der Waals surface area contributed by atoms with Crippen molar-refractivity contribution in [2.75, 3.05) is 33.4 Å². The van der Waals surface area contributed by atoms with Gasteiger partial charge in [-0.3, -0.25) is 9.69 Å². The van der Waals surface area contributed by atoms with Gasteiger partial charge in [-0.1, -0.05) is 17.7 Å². The van der Waals surface area contributed by atoms with Crippen molar-refractivity contribution in [1.82, 2.24) is 4.90 Å². The molecule has 3 nitrogen and oxygen atoms in total. The molecule has 1 heterocycles. The average Bonchev–Trinajstić information content (AvgIpc) is 2.38. The van der Waals surface area contributed by atoms with E-state index in [1.54, 1.807) is 7.11 Å². The summed E-state index contributed by atoms with van der Waals surface area (Å²) in [5.41, 5.74) is 4.33. The number of Topliss-reactive ketones (excluding diaryl/α,β-unsaturated/α-hetero) is 1. The Bertz CT molecular complexity index is 485. The summed E-state index contributed by atoms with van der Waals surface area (Å²) in [6.45, 7) is 9.49. The molecule has 0 aliphatic carbocycles. The smallest absolute Gasteiger partial charge is 0.177 e. The van der Waals surface area contributed by atoms with Crippen LogP contribution in [0.1, 0.15) is 39.9 Å². The number of nitrogens with zero attached hydrogens (tertiary/aromatic N) is 1. The molecule has 116 valence electrons. The third-order valence-electron chi connectivity index (χ3n) is 4.33. The molecule has 0 bridgehead atoms. The molecule has 3 heteroatoms. The summed E-state index contributed by atoms with van der Waals surface area (Å²) in [5, 5.41) is 0. The van der Waals surface area contributed by atoms with E-state index < -0.39 is 0 Å². The lowest BCUT2D eigenvalue weighted by Gasteiger charge is -2.32. The number of hydrogen-bond acceptors (Lipinski definition) is 3. The molecule has 21 heavy (non-hydrogen) atoms. The highest BCUT2D eigenvalue weighted by molar-refractivity contribution is 6.00. The minimum absolute atomic E-state index is 0.253. The summed E-state index contributed by atoms with van der Waals surface area (Å²) in [6.07, 6.45) is 2.37. The zero-order valence-corrected chi connectivity index (χ0v) is 13.7. The van der Waals surface area contributed by atoms with E-state index in [-0.39, 0.29) is 5.78 Å². The third-order valence-corrected chi connectivity index (χ3v) is 4.33. The maximum atomic E-state index is 12.7. The van der Waals surface area contributed by atoms with Gasteiger partial charge in [0.15, 0.2) is 5.78 Å². The van der Waals surface area contributed by atoms with Crippen LogP contribution < -0.4 is 0 Å². The number of ether oxygens (including phenoxy) is 1. The maximum absolute atomic E-state index is 12.7. The Hall–Kier alpha value is -1.19. The highest BCUT2D eigenvalue weighted by Crippen LogP contribution is 2.20.